The smallest absolute Gasteiger partial charge is 0.135 e. The van der Waals surface area contributed by atoms with Crippen LogP contribution in [0.1, 0.15) is 0 Å². The molecule has 0 unspecified atom stereocenters. The SMILES string of the molecule is c1ccc(-n2c3ccccc3c3cc4c5cc(-c6ccc7oc8ccccc8c7c6)ccc5n(-c5ccccc5)c4cc32)cc1. The zero-order valence-electron chi connectivity index (χ0n) is 24.3. The fourth-order valence-corrected chi connectivity index (χ4v) is 7.28. The molecule has 0 bridgehead atoms. The van der Waals surface area contributed by atoms with Crippen molar-refractivity contribution in [2.75, 3.05) is 0 Å². The van der Waals surface area contributed by atoms with E-state index in [1.165, 1.54) is 54.7 Å². The van der Waals surface area contributed by atoms with Crippen LogP contribution in [0.15, 0.2) is 162 Å². The normalized spacial score (nSPS) is 12.0. The first kappa shape index (κ1) is 24.4. The maximum atomic E-state index is 6.13. The first-order valence-electron chi connectivity index (χ1n) is 15.4. The van der Waals surface area contributed by atoms with Crippen LogP contribution >= 0.6 is 0 Å². The topological polar surface area (TPSA) is 23.0 Å². The number of benzene rings is 7. The van der Waals surface area contributed by atoms with Crippen molar-refractivity contribution in [1.82, 2.24) is 9.13 Å². The lowest BCUT2D eigenvalue weighted by atomic mass is 10.00. The molecule has 0 spiro atoms. The van der Waals surface area contributed by atoms with Gasteiger partial charge in [-0.15, -0.1) is 0 Å². The predicted molar refractivity (Wildman–Crippen MR) is 188 cm³/mol. The van der Waals surface area contributed by atoms with Gasteiger partial charge in [-0.05, 0) is 83.9 Å². The van der Waals surface area contributed by atoms with E-state index in [9.17, 15) is 0 Å². The highest BCUT2D eigenvalue weighted by molar-refractivity contribution is 6.19. The summed E-state index contributed by atoms with van der Waals surface area (Å²) in [6, 6.07) is 56.6. The van der Waals surface area contributed by atoms with Crippen LogP contribution in [0.2, 0.25) is 0 Å². The minimum absolute atomic E-state index is 0.916. The molecule has 0 atom stereocenters. The Hall–Kier alpha value is -6.06. The Balaban J connectivity index is 1.30. The van der Waals surface area contributed by atoms with Crippen molar-refractivity contribution in [3.63, 3.8) is 0 Å². The summed E-state index contributed by atoms with van der Waals surface area (Å²) in [6.07, 6.45) is 0. The largest absolute Gasteiger partial charge is 0.456 e. The lowest BCUT2D eigenvalue weighted by molar-refractivity contribution is 0.669. The van der Waals surface area contributed by atoms with Crippen LogP contribution in [0.3, 0.4) is 0 Å². The van der Waals surface area contributed by atoms with Gasteiger partial charge < -0.3 is 13.6 Å². The third kappa shape index (κ3) is 3.52. The Morgan fingerprint density at radius 2 is 0.822 bits per heavy atom. The Bertz CT molecular complexity index is 2740. The van der Waals surface area contributed by atoms with E-state index >= 15 is 0 Å². The molecule has 3 heteroatoms. The van der Waals surface area contributed by atoms with Crippen LogP contribution < -0.4 is 0 Å². The Labute approximate surface area is 258 Å². The van der Waals surface area contributed by atoms with Crippen molar-refractivity contribution >= 4 is 65.6 Å². The van der Waals surface area contributed by atoms with Gasteiger partial charge >= 0.3 is 0 Å². The molecule has 0 N–H and O–H groups in total. The van der Waals surface area contributed by atoms with E-state index in [4.69, 9.17) is 4.42 Å². The van der Waals surface area contributed by atoms with Gasteiger partial charge in [0.25, 0.3) is 0 Å². The zero-order chi connectivity index (χ0) is 29.5. The second kappa shape index (κ2) is 9.22. The molecule has 45 heavy (non-hydrogen) atoms. The maximum absolute atomic E-state index is 6.13. The summed E-state index contributed by atoms with van der Waals surface area (Å²) in [7, 11) is 0. The molecule has 0 saturated carbocycles. The Kier molecular flexibility index (Phi) is 5.00. The van der Waals surface area contributed by atoms with Crippen molar-refractivity contribution in [1.29, 1.82) is 0 Å². The molecular weight excluding hydrogens is 548 g/mol. The van der Waals surface area contributed by atoms with Crippen molar-refractivity contribution < 1.29 is 4.42 Å². The molecule has 210 valence electrons. The second-order valence-corrected chi connectivity index (χ2v) is 11.8. The third-order valence-electron chi connectivity index (χ3n) is 9.30. The molecule has 0 saturated heterocycles. The fraction of sp³-hybridized carbons (Fsp3) is 0. The molecule has 0 aliphatic carbocycles. The Morgan fingerprint density at radius 1 is 0.311 bits per heavy atom. The fourth-order valence-electron chi connectivity index (χ4n) is 7.28. The molecule has 3 aromatic heterocycles. The van der Waals surface area contributed by atoms with E-state index in [-0.39, 0.29) is 0 Å². The molecule has 0 aliphatic rings. The number of aromatic nitrogens is 2. The van der Waals surface area contributed by atoms with E-state index in [2.05, 4.69) is 155 Å². The summed E-state index contributed by atoms with van der Waals surface area (Å²) in [5.74, 6) is 0. The van der Waals surface area contributed by atoms with Crippen LogP contribution in [-0.4, -0.2) is 9.13 Å². The number of nitrogens with zero attached hydrogens (tertiary/aromatic N) is 2. The van der Waals surface area contributed by atoms with E-state index in [0.717, 1.165) is 33.3 Å². The summed E-state index contributed by atoms with van der Waals surface area (Å²) in [5.41, 5.74) is 11.3. The van der Waals surface area contributed by atoms with E-state index < -0.39 is 0 Å². The van der Waals surface area contributed by atoms with Crippen molar-refractivity contribution in [3.8, 4) is 22.5 Å². The number of rotatable bonds is 3. The highest BCUT2D eigenvalue weighted by Gasteiger charge is 2.19. The molecule has 3 heterocycles. The average Bonchev–Trinajstić information content (AvgIpc) is 3.74. The van der Waals surface area contributed by atoms with Gasteiger partial charge in [-0.3, -0.25) is 0 Å². The number of hydrogen-bond donors (Lipinski definition) is 0. The average molecular weight is 575 g/mol. The van der Waals surface area contributed by atoms with Gasteiger partial charge in [0.15, 0.2) is 0 Å². The second-order valence-electron chi connectivity index (χ2n) is 11.8. The third-order valence-corrected chi connectivity index (χ3v) is 9.30. The molecular formula is C42H26N2O. The summed E-state index contributed by atoms with van der Waals surface area (Å²) < 4.78 is 10.9. The molecule has 3 nitrogen and oxygen atoms in total. The van der Waals surface area contributed by atoms with Crippen LogP contribution in [0.5, 0.6) is 0 Å². The first-order chi connectivity index (χ1) is 22.3. The summed E-state index contributed by atoms with van der Waals surface area (Å²) >= 11 is 0. The highest BCUT2D eigenvalue weighted by Crippen LogP contribution is 2.41. The standard InChI is InChI=1S/C42H26N2O/c1-3-11-29(12-4-1)43-37-17-9-7-15-31(37)34-25-35-33-23-27(28-20-22-42-36(24-28)32-16-8-10-18-41(32)45-42)19-21-38(33)44(40(35)26-39(34)43)30-13-5-2-6-14-30/h1-26H. The summed E-state index contributed by atoms with van der Waals surface area (Å²) in [5, 5.41) is 7.28. The summed E-state index contributed by atoms with van der Waals surface area (Å²) in [4.78, 5) is 0. The zero-order valence-corrected chi connectivity index (χ0v) is 24.3. The van der Waals surface area contributed by atoms with Crippen molar-refractivity contribution in [2.45, 2.75) is 0 Å². The molecule has 7 aromatic carbocycles. The van der Waals surface area contributed by atoms with Gasteiger partial charge in [0.1, 0.15) is 11.2 Å². The Morgan fingerprint density at radius 3 is 1.56 bits per heavy atom. The van der Waals surface area contributed by atoms with Crippen LogP contribution in [0, 0.1) is 0 Å². The molecule has 0 amide bonds. The van der Waals surface area contributed by atoms with Gasteiger partial charge in [-0.2, -0.15) is 0 Å². The van der Waals surface area contributed by atoms with Crippen molar-refractivity contribution in [2.24, 2.45) is 0 Å². The minimum atomic E-state index is 0.916. The highest BCUT2D eigenvalue weighted by atomic mass is 16.3. The number of hydrogen-bond acceptors (Lipinski definition) is 1. The molecule has 0 aliphatic heterocycles. The monoisotopic (exact) mass is 574 g/mol. The molecule has 0 radical (unpaired) electrons. The number of para-hydroxylation sites is 4. The molecule has 0 fully saturated rings. The van der Waals surface area contributed by atoms with E-state index in [1.54, 1.807) is 0 Å². The van der Waals surface area contributed by atoms with Crippen LogP contribution in [0.25, 0.3) is 88.1 Å². The number of fused-ring (bicyclic) bond motifs is 9. The van der Waals surface area contributed by atoms with Gasteiger partial charge in [0, 0.05) is 43.7 Å². The lowest BCUT2D eigenvalue weighted by Gasteiger charge is -2.10. The minimum Gasteiger partial charge on any atom is -0.456 e. The van der Waals surface area contributed by atoms with Crippen LogP contribution in [0.4, 0.5) is 0 Å². The predicted octanol–water partition coefficient (Wildman–Crippen LogP) is 11.4. The van der Waals surface area contributed by atoms with Gasteiger partial charge in [0.05, 0.1) is 22.1 Å². The maximum Gasteiger partial charge on any atom is 0.135 e. The quantitative estimate of drug-likeness (QED) is 0.206. The van der Waals surface area contributed by atoms with Crippen molar-refractivity contribution in [3.05, 3.63) is 158 Å². The summed E-state index contributed by atoms with van der Waals surface area (Å²) in [6.45, 7) is 0. The molecule has 10 rings (SSSR count). The van der Waals surface area contributed by atoms with E-state index in [1.807, 2.05) is 12.1 Å². The van der Waals surface area contributed by atoms with E-state index in [0.29, 0.717) is 0 Å². The number of furan rings is 1. The molecule has 10 aromatic rings. The van der Waals surface area contributed by atoms with Gasteiger partial charge in [0.2, 0.25) is 0 Å². The first-order valence-corrected chi connectivity index (χ1v) is 15.4. The van der Waals surface area contributed by atoms with Gasteiger partial charge in [-0.25, -0.2) is 0 Å². The van der Waals surface area contributed by atoms with Crippen LogP contribution in [-0.2, 0) is 0 Å². The lowest BCUT2D eigenvalue weighted by Crippen LogP contribution is -1.95. The van der Waals surface area contributed by atoms with Gasteiger partial charge in [-0.1, -0.05) is 84.9 Å².